The molecule has 2 rings (SSSR count). The van der Waals surface area contributed by atoms with Crippen LogP contribution in [0.25, 0.3) is 0 Å². The third-order valence-electron chi connectivity index (χ3n) is 3.88. The van der Waals surface area contributed by atoms with Crippen LogP contribution in [0, 0.1) is 6.92 Å². The number of nitrogens with one attached hydrogen (secondary N) is 2. The van der Waals surface area contributed by atoms with Gasteiger partial charge in [-0.2, -0.15) is 0 Å². The molecule has 0 aromatic carbocycles. The number of hydrogen-bond donors (Lipinski definition) is 2. The maximum atomic E-state index is 3.68. The first kappa shape index (κ1) is 14.0. The van der Waals surface area contributed by atoms with Crippen LogP contribution in [0.3, 0.4) is 0 Å². The lowest BCUT2D eigenvalue weighted by Gasteiger charge is -2.21. The molecule has 102 valence electrons. The molecule has 1 saturated heterocycles. The summed E-state index contributed by atoms with van der Waals surface area (Å²) in [6.45, 7) is 6.75. The second-order valence-electron chi connectivity index (χ2n) is 5.54. The van der Waals surface area contributed by atoms with Crippen molar-refractivity contribution in [2.24, 2.45) is 0 Å². The van der Waals surface area contributed by atoms with Crippen molar-refractivity contribution in [2.45, 2.75) is 64.6 Å². The molecule has 2 atom stereocenters. The summed E-state index contributed by atoms with van der Waals surface area (Å²) in [4.78, 5) is 1.48. The van der Waals surface area contributed by atoms with Crippen molar-refractivity contribution in [3.8, 4) is 0 Å². The van der Waals surface area contributed by atoms with E-state index in [0.29, 0.717) is 6.04 Å². The van der Waals surface area contributed by atoms with Crippen LogP contribution < -0.4 is 10.6 Å². The molecule has 0 aliphatic carbocycles. The highest BCUT2D eigenvalue weighted by Gasteiger charge is 2.14. The van der Waals surface area contributed by atoms with Crippen LogP contribution in [0.2, 0.25) is 0 Å². The second kappa shape index (κ2) is 7.27. The summed E-state index contributed by atoms with van der Waals surface area (Å²) >= 11 is 1.86. The van der Waals surface area contributed by atoms with E-state index in [1.165, 1.54) is 49.1 Å². The summed E-state index contributed by atoms with van der Waals surface area (Å²) in [5.74, 6) is 0. The highest BCUT2D eigenvalue weighted by atomic mass is 32.1. The topological polar surface area (TPSA) is 24.1 Å². The van der Waals surface area contributed by atoms with Gasteiger partial charge in [0, 0.05) is 23.5 Å². The van der Waals surface area contributed by atoms with Gasteiger partial charge in [-0.05, 0) is 56.7 Å². The van der Waals surface area contributed by atoms with Gasteiger partial charge >= 0.3 is 0 Å². The van der Waals surface area contributed by atoms with Gasteiger partial charge in [0.05, 0.1) is 0 Å². The zero-order chi connectivity index (χ0) is 12.8. The maximum absolute atomic E-state index is 3.68. The molecule has 2 unspecified atom stereocenters. The lowest BCUT2D eigenvalue weighted by Crippen LogP contribution is -2.36. The van der Waals surface area contributed by atoms with Crippen molar-refractivity contribution >= 4 is 11.3 Å². The number of rotatable bonds is 5. The molecule has 1 aliphatic heterocycles. The van der Waals surface area contributed by atoms with Crippen LogP contribution >= 0.6 is 11.3 Å². The summed E-state index contributed by atoms with van der Waals surface area (Å²) in [5, 5.41) is 9.53. The Balaban J connectivity index is 1.71. The van der Waals surface area contributed by atoms with Crippen molar-refractivity contribution in [1.82, 2.24) is 10.6 Å². The number of aryl methyl sites for hydroxylation is 1. The number of thiophene rings is 1. The summed E-state index contributed by atoms with van der Waals surface area (Å²) in [6, 6.07) is 3.53. The minimum atomic E-state index is 0.599. The molecule has 1 aromatic heterocycles. The fourth-order valence-corrected chi connectivity index (χ4v) is 3.52. The lowest BCUT2D eigenvalue weighted by molar-refractivity contribution is 0.403. The summed E-state index contributed by atoms with van der Waals surface area (Å²) in [7, 11) is 0. The Kier molecular flexibility index (Phi) is 5.67. The molecule has 1 fully saturated rings. The van der Waals surface area contributed by atoms with E-state index in [1.54, 1.807) is 0 Å². The average molecular weight is 266 g/mol. The molecule has 2 nitrogen and oxygen atoms in total. The standard InChI is InChI=1S/C15H26N2S/c1-12-7-9-18-15(12)11-17-13(2)10-14-6-4-3-5-8-16-14/h7,9,13-14,16-17H,3-6,8,10-11H2,1-2H3. The highest BCUT2D eigenvalue weighted by molar-refractivity contribution is 7.10. The molecule has 0 saturated carbocycles. The Hall–Kier alpha value is -0.380. The SMILES string of the molecule is Cc1ccsc1CNC(C)CC1CCCCCN1. The maximum Gasteiger partial charge on any atom is 0.0304 e. The first-order chi connectivity index (χ1) is 8.75. The molecule has 1 aromatic rings. The van der Waals surface area contributed by atoms with Crippen LogP contribution in [-0.2, 0) is 6.54 Å². The minimum absolute atomic E-state index is 0.599. The van der Waals surface area contributed by atoms with Crippen LogP contribution in [0.1, 0.15) is 49.5 Å². The summed E-state index contributed by atoms with van der Waals surface area (Å²) in [6.07, 6.45) is 6.76. The zero-order valence-corrected chi connectivity index (χ0v) is 12.5. The van der Waals surface area contributed by atoms with Gasteiger partial charge in [0.1, 0.15) is 0 Å². The molecule has 0 amide bonds. The smallest absolute Gasteiger partial charge is 0.0304 e. The Bertz CT molecular complexity index is 340. The highest BCUT2D eigenvalue weighted by Crippen LogP contribution is 2.16. The van der Waals surface area contributed by atoms with E-state index in [0.717, 1.165) is 12.6 Å². The fraction of sp³-hybridized carbons (Fsp3) is 0.733. The Morgan fingerprint density at radius 2 is 2.33 bits per heavy atom. The van der Waals surface area contributed by atoms with E-state index in [4.69, 9.17) is 0 Å². The molecule has 1 aliphatic rings. The molecule has 0 spiro atoms. The van der Waals surface area contributed by atoms with Crippen molar-refractivity contribution in [3.63, 3.8) is 0 Å². The van der Waals surface area contributed by atoms with E-state index in [2.05, 4.69) is 35.9 Å². The van der Waals surface area contributed by atoms with Crippen molar-refractivity contribution in [3.05, 3.63) is 21.9 Å². The minimum Gasteiger partial charge on any atom is -0.314 e. The normalized spacial score (nSPS) is 22.7. The van der Waals surface area contributed by atoms with Crippen LogP contribution in [0.4, 0.5) is 0 Å². The van der Waals surface area contributed by atoms with Crippen molar-refractivity contribution < 1.29 is 0 Å². The number of hydrogen-bond acceptors (Lipinski definition) is 3. The van der Waals surface area contributed by atoms with Crippen LogP contribution in [0.15, 0.2) is 11.4 Å². The second-order valence-corrected chi connectivity index (χ2v) is 6.55. The van der Waals surface area contributed by atoms with E-state index in [1.807, 2.05) is 11.3 Å². The molecule has 3 heteroatoms. The Morgan fingerprint density at radius 1 is 1.44 bits per heavy atom. The molecule has 18 heavy (non-hydrogen) atoms. The third kappa shape index (κ3) is 4.38. The molecular weight excluding hydrogens is 240 g/mol. The van der Waals surface area contributed by atoms with Gasteiger partial charge in [-0.25, -0.2) is 0 Å². The fourth-order valence-electron chi connectivity index (χ4n) is 2.66. The third-order valence-corrected chi connectivity index (χ3v) is 4.90. The summed E-state index contributed by atoms with van der Waals surface area (Å²) < 4.78 is 0. The van der Waals surface area contributed by atoms with Crippen LogP contribution in [-0.4, -0.2) is 18.6 Å². The lowest BCUT2D eigenvalue weighted by atomic mass is 10.0. The predicted molar refractivity (Wildman–Crippen MR) is 80.2 cm³/mol. The van der Waals surface area contributed by atoms with Gasteiger partial charge in [-0.15, -0.1) is 11.3 Å². The van der Waals surface area contributed by atoms with Crippen molar-refractivity contribution in [2.75, 3.05) is 6.54 Å². The Labute approximate surface area is 115 Å². The average Bonchev–Trinajstić information content (AvgIpc) is 2.61. The zero-order valence-electron chi connectivity index (χ0n) is 11.7. The van der Waals surface area contributed by atoms with Gasteiger partial charge in [-0.1, -0.05) is 12.8 Å². The van der Waals surface area contributed by atoms with Crippen molar-refractivity contribution in [1.29, 1.82) is 0 Å². The van der Waals surface area contributed by atoms with E-state index >= 15 is 0 Å². The Morgan fingerprint density at radius 3 is 3.11 bits per heavy atom. The first-order valence-electron chi connectivity index (χ1n) is 7.25. The van der Waals surface area contributed by atoms with Gasteiger partial charge in [0.15, 0.2) is 0 Å². The monoisotopic (exact) mass is 266 g/mol. The van der Waals surface area contributed by atoms with Gasteiger partial charge < -0.3 is 10.6 Å². The van der Waals surface area contributed by atoms with E-state index in [9.17, 15) is 0 Å². The van der Waals surface area contributed by atoms with E-state index in [-0.39, 0.29) is 0 Å². The largest absolute Gasteiger partial charge is 0.314 e. The van der Waals surface area contributed by atoms with Gasteiger partial charge in [0.2, 0.25) is 0 Å². The van der Waals surface area contributed by atoms with Gasteiger partial charge in [-0.3, -0.25) is 0 Å². The first-order valence-corrected chi connectivity index (χ1v) is 8.13. The molecule has 2 heterocycles. The van der Waals surface area contributed by atoms with Gasteiger partial charge in [0.25, 0.3) is 0 Å². The predicted octanol–water partition coefficient (Wildman–Crippen LogP) is 3.46. The molecule has 0 radical (unpaired) electrons. The van der Waals surface area contributed by atoms with Crippen LogP contribution in [0.5, 0.6) is 0 Å². The summed E-state index contributed by atoms with van der Waals surface area (Å²) in [5.41, 5.74) is 1.42. The molecule has 0 bridgehead atoms. The molecule has 2 N–H and O–H groups in total. The molecular formula is C15H26N2S. The van der Waals surface area contributed by atoms with E-state index < -0.39 is 0 Å². The quantitative estimate of drug-likeness (QED) is 0.853.